The van der Waals surface area contributed by atoms with Crippen LogP contribution in [-0.2, 0) is 11.0 Å². The van der Waals surface area contributed by atoms with Crippen LogP contribution in [0.4, 0.5) is 18.9 Å². The molecule has 104 valence electrons. The summed E-state index contributed by atoms with van der Waals surface area (Å²) in [6, 6.07) is 2.44. The van der Waals surface area contributed by atoms with Crippen molar-refractivity contribution in [3.8, 4) is 0 Å². The molecule has 0 radical (unpaired) electrons. The fourth-order valence-corrected chi connectivity index (χ4v) is 1.76. The van der Waals surface area contributed by atoms with Crippen molar-refractivity contribution in [2.45, 2.75) is 32.4 Å². The number of halogens is 3. The summed E-state index contributed by atoms with van der Waals surface area (Å²) in [4.78, 5) is 21.1. The number of carbonyl (C=O) groups is 1. The molecule has 1 atom stereocenters. The van der Waals surface area contributed by atoms with Gasteiger partial charge in [0.25, 0.3) is 5.69 Å². The van der Waals surface area contributed by atoms with Crippen molar-refractivity contribution in [2.75, 3.05) is 0 Å². The molecule has 19 heavy (non-hydrogen) atoms. The highest BCUT2D eigenvalue weighted by Crippen LogP contribution is 2.37. The maximum Gasteiger partial charge on any atom is 0.416 e. The summed E-state index contributed by atoms with van der Waals surface area (Å²) in [6.07, 6.45) is -4.63. The molecule has 4 nitrogen and oxygen atoms in total. The number of ketones is 1. The number of carbonyl (C=O) groups excluding carboxylic acids is 1. The maximum atomic E-state index is 12.9. The quantitative estimate of drug-likeness (QED) is 0.621. The molecule has 0 aliphatic heterocycles. The molecule has 1 rings (SSSR count). The third-order valence-electron chi connectivity index (χ3n) is 2.85. The van der Waals surface area contributed by atoms with Gasteiger partial charge in [0.2, 0.25) is 0 Å². The zero-order valence-corrected chi connectivity index (χ0v) is 10.3. The zero-order valence-electron chi connectivity index (χ0n) is 10.3. The number of nitro benzene ring substituents is 1. The Morgan fingerprint density at radius 1 is 1.42 bits per heavy atom. The molecule has 0 amide bonds. The molecule has 0 saturated heterocycles. The lowest BCUT2D eigenvalue weighted by Gasteiger charge is -2.16. The fraction of sp³-hybridized carbons (Fsp3) is 0.417. The van der Waals surface area contributed by atoms with Crippen molar-refractivity contribution in [1.29, 1.82) is 0 Å². The van der Waals surface area contributed by atoms with Gasteiger partial charge in [0.05, 0.1) is 10.5 Å². The molecule has 0 spiro atoms. The number of benzene rings is 1. The summed E-state index contributed by atoms with van der Waals surface area (Å²) in [7, 11) is 0. The maximum absolute atomic E-state index is 12.9. The van der Waals surface area contributed by atoms with Crippen LogP contribution in [0, 0.1) is 10.1 Å². The van der Waals surface area contributed by atoms with Gasteiger partial charge in [0.15, 0.2) is 0 Å². The minimum Gasteiger partial charge on any atom is -0.299 e. The van der Waals surface area contributed by atoms with E-state index < -0.39 is 28.3 Å². The highest BCUT2D eigenvalue weighted by atomic mass is 19.4. The van der Waals surface area contributed by atoms with Gasteiger partial charge in [-0.05, 0) is 5.56 Å². The van der Waals surface area contributed by atoms with E-state index >= 15 is 0 Å². The summed E-state index contributed by atoms with van der Waals surface area (Å²) in [5.74, 6) is -1.29. The first kappa shape index (κ1) is 15.1. The average Bonchev–Trinajstić information content (AvgIpc) is 2.35. The van der Waals surface area contributed by atoms with Gasteiger partial charge in [-0.15, -0.1) is 0 Å². The van der Waals surface area contributed by atoms with E-state index in [-0.39, 0.29) is 17.8 Å². The minimum absolute atomic E-state index is 0.107. The Bertz CT molecular complexity index is 511. The van der Waals surface area contributed by atoms with Crippen molar-refractivity contribution in [3.63, 3.8) is 0 Å². The van der Waals surface area contributed by atoms with Crippen LogP contribution < -0.4 is 0 Å². The average molecular weight is 275 g/mol. The Kier molecular flexibility index (Phi) is 4.28. The van der Waals surface area contributed by atoms with Gasteiger partial charge in [-0.25, -0.2) is 0 Å². The zero-order chi connectivity index (χ0) is 14.8. The Hall–Kier alpha value is -1.92. The molecular weight excluding hydrogens is 263 g/mol. The summed E-state index contributed by atoms with van der Waals surface area (Å²) in [6.45, 7) is 2.92. The van der Waals surface area contributed by atoms with E-state index in [0.717, 1.165) is 12.1 Å². The van der Waals surface area contributed by atoms with Crippen LogP contribution in [0.5, 0.6) is 0 Å². The fourth-order valence-electron chi connectivity index (χ4n) is 1.76. The highest BCUT2D eigenvalue weighted by Gasteiger charge is 2.37. The lowest BCUT2D eigenvalue weighted by Crippen LogP contribution is -2.16. The van der Waals surface area contributed by atoms with Crippen LogP contribution in [0.3, 0.4) is 0 Å². The second-order valence-electron chi connectivity index (χ2n) is 4.07. The van der Waals surface area contributed by atoms with Crippen LogP contribution in [0.15, 0.2) is 18.2 Å². The number of hydrogen-bond donors (Lipinski definition) is 0. The van der Waals surface area contributed by atoms with E-state index in [4.69, 9.17) is 0 Å². The van der Waals surface area contributed by atoms with Gasteiger partial charge in [-0.2, -0.15) is 13.2 Å². The summed E-state index contributed by atoms with van der Waals surface area (Å²) < 4.78 is 38.7. The standard InChI is InChI=1S/C12H12F3NO3/c1-3-11(17)7(2)9-5-4-8(16(18)19)6-10(9)12(13,14)15/h4-7H,3H2,1-2H3. The molecule has 0 N–H and O–H groups in total. The molecule has 0 saturated carbocycles. The summed E-state index contributed by atoms with van der Waals surface area (Å²) in [5, 5.41) is 10.5. The lowest BCUT2D eigenvalue weighted by molar-refractivity contribution is -0.385. The molecule has 0 bridgehead atoms. The SMILES string of the molecule is CCC(=O)C(C)c1ccc([N+](=O)[O-])cc1C(F)(F)F. The van der Waals surface area contributed by atoms with E-state index in [1.807, 2.05) is 0 Å². The minimum atomic E-state index is -4.73. The summed E-state index contributed by atoms with van der Waals surface area (Å²) in [5.41, 5.74) is -2.01. The predicted octanol–water partition coefficient (Wildman–Crippen LogP) is 3.70. The van der Waals surface area contributed by atoms with Gasteiger partial charge < -0.3 is 0 Å². The summed E-state index contributed by atoms with van der Waals surface area (Å²) >= 11 is 0. The van der Waals surface area contributed by atoms with Crippen molar-refractivity contribution in [2.24, 2.45) is 0 Å². The second-order valence-corrected chi connectivity index (χ2v) is 4.07. The normalized spacial score (nSPS) is 13.1. The number of non-ortho nitro benzene ring substituents is 1. The molecule has 1 aromatic rings. The van der Waals surface area contributed by atoms with Crippen molar-refractivity contribution in [1.82, 2.24) is 0 Å². The van der Waals surface area contributed by atoms with E-state index in [0.29, 0.717) is 6.07 Å². The molecule has 0 aromatic heterocycles. The Morgan fingerprint density at radius 2 is 2.00 bits per heavy atom. The monoisotopic (exact) mass is 275 g/mol. The van der Waals surface area contributed by atoms with Crippen molar-refractivity contribution < 1.29 is 22.9 Å². The third kappa shape index (κ3) is 3.30. The molecule has 0 aliphatic rings. The van der Waals surface area contributed by atoms with Crippen LogP contribution >= 0.6 is 0 Å². The largest absolute Gasteiger partial charge is 0.416 e. The second kappa shape index (κ2) is 5.38. The van der Waals surface area contributed by atoms with Gasteiger partial charge in [-0.1, -0.05) is 19.9 Å². The smallest absolute Gasteiger partial charge is 0.299 e. The lowest BCUT2D eigenvalue weighted by atomic mass is 9.90. The first-order valence-corrected chi connectivity index (χ1v) is 5.56. The number of nitro groups is 1. The molecular formula is C12H12F3NO3. The molecule has 7 heteroatoms. The topological polar surface area (TPSA) is 60.2 Å². The van der Waals surface area contributed by atoms with Crippen molar-refractivity contribution >= 4 is 11.5 Å². The number of alkyl halides is 3. The molecule has 0 aliphatic carbocycles. The van der Waals surface area contributed by atoms with Crippen LogP contribution in [0.25, 0.3) is 0 Å². The van der Waals surface area contributed by atoms with E-state index in [1.165, 1.54) is 6.92 Å². The third-order valence-corrected chi connectivity index (χ3v) is 2.85. The van der Waals surface area contributed by atoms with Gasteiger partial charge in [0, 0.05) is 24.5 Å². The number of nitrogens with zero attached hydrogens (tertiary/aromatic N) is 1. The number of hydrogen-bond acceptors (Lipinski definition) is 3. The Labute approximate surface area is 107 Å². The Balaban J connectivity index is 3.40. The van der Waals surface area contributed by atoms with E-state index in [9.17, 15) is 28.1 Å². The van der Waals surface area contributed by atoms with Gasteiger partial charge in [-0.3, -0.25) is 14.9 Å². The number of rotatable bonds is 4. The number of Topliss-reactive ketones (excluding diaryl/α,β-unsaturated/α-hetero) is 1. The van der Waals surface area contributed by atoms with Crippen molar-refractivity contribution in [3.05, 3.63) is 39.4 Å². The first-order valence-electron chi connectivity index (χ1n) is 5.56. The van der Waals surface area contributed by atoms with Crippen LogP contribution in [0.2, 0.25) is 0 Å². The molecule has 0 fully saturated rings. The van der Waals surface area contributed by atoms with Crippen LogP contribution in [-0.4, -0.2) is 10.7 Å². The van der Waals surface area contributed by atoms with Gasteiger partial charge >= 0.3 is 6.18 Å². The highest BCUT2D eigenvalue weighted by molar-refractivity contribution is 5.85. The Morgan fingerprint density at radius 3 is 2.42 bits per heavy atom. The van der Waals surface area contributed by atoms with E-state index in [1.54, 1.807) is 6.92 Å². The van der Waals surface area contributed by atoms with E-state index in [2.05, 4.69) is 0 Å². The van der Waals surface area contributed by atoms with Gasteiger partial charge in [0.1, 0.15) is 5.78 Å². The van der Waals surface area contributed by atoms with Crippen LogP contribution in [0.1, 0.15) is 37.3 Å². The molecule has 0 heterocycles. The predicted molar refractivity (Wildman–Crippen MR) is 61.8 cm³/mol. The molecule has 1 aromatic carbocycles. The first-order chi connectivity index (χ1) is 8.68. The molecule has 1 unspecified atom stereocenters.